The fourth-order valence-corrected chi connectivity index (χ4v) is 3.31. The van der Waals surface area contributed by atoms with Crippen LogP contribution in [0.2, 0.25) is 0 Å². The molecule has 0 unspecified atom stereocenters. The molecule has 32 heavy (non-hydrogen) atoms. The highest BCUT2D eigenvalue weighted by Gasteiger charge is 2.14. The van der Waals surface area contributed by atoms with Gasteiger partial charge in [0.15, 0.2) is 0 Å². The minimum atomic E-state index is -0.354. The van der Waals surface area contributed by atoms with Gasteiger partial charge < -0.3 is 19.7 Å². The summed E-state index contributed by atoms with van der Waals surface area (Å²) in [4.78, 5) is 31.3. The van der Waals surface area contributed by atoms with E-state index >= 15 is 0 Å². The Labute approximate surface area is 185 Å². The van der Waals surface area contributed by atoms with Crippen molar-refractivity contribution in [3.63, 3.8) is 0 Å². The van der Waals surface area contributed by atoms with Gasteiger partial charge in [0.2, 0.25) is 0 Å². The van der Waals surface area contributed by atoms with Crippen molar-refractivity contribution in [2.24, 2.45) is 0 Å². The molecule has 1 N–H and O–H groups in total. The molecule has 1 amide bonds. The Bertz CT molecular complexity index is 1100. The van der Waals surface area contributed by atoms with Crippen molar-refractivity contribution in [2.75, 3.05) is 37.8 Å². The number of nitrogens with one attached hydrogen (secondary N) is 1. The van der Waals surface area contributed by atoms with E-state index in [1.807, 2.05) is 42.5 Å². The van der Waals surface area contributed by atoms with E-state index in [4.69, 9.17) is 9.47 Å². The molecule has 1 aliphatic rings. The van der Waals surface area contributed by atoms with Gasteiger partial charge in [-0.25, -0.2) is 9.67 Å². The van der Waals surface area contributed by atoms with Gasteiger partial charge in [0.25, 0.3) is 11.5 Å². The molecule has 0 saturated carbocycles. The van der Waals surface area contributed by atoms with Crippen LogP contribution in [0.1, 0.15) is 16.1 Å². The van der Waals surface area contributed by atoms with Crippen LogP contribution in [0.3, 0.4) is 0 Å². The van der Waals surface area contributed by atoms with E-state index in [1.165, 1.54) is 16.8 Å². The number of hydrogen-bond donors (Lipinski definition) is 1. The summed E-state index contributed by atoms with van der Waals surface area (Å²) in [6.45, 7) is 3.79. The maximum atomic E-state index is 12.6. The summed E-state index contributed by atoms with van der Waals surface area (Å²) < 4.78 is 12.2. The number of aromatic nitrogens is 3. The average molecular weight is 435 g/mol. The number of pyridine rings is 1. The topological polar surface area (TPSA) is 98.6 Å². The first-order valence-electron chi connectivity index (χ1n) is 10.5. The third kappa shape index (κ3) is 5.70. The van der Waals surface area contributed by atoms with Crippen LogP contribution in [-0.4, -0.2) is 53.6 Å². The Morgan fingerprint density at radius 1 is 1.09 bits per heavy atom. The molecular formula is C23H25N5O4. The van der Waals surface area contributed by atoms with Gasteiger partial charge in [-0.05, 0) is 35.9 Å². The number of rotatable bonds is 8. The Kier molecular flexibility index (Phi) is 7.08. The molecule has 4 rings (SSSR count). The Hall–Kier alpha value is -3.72. The van der Waals surface area contributed by atoms with E-state index in [2.05, 4.69) is 20.3 Å². The number of nitrogens with zero attached hydrogens (tertiary/aromatic N) is 4. The van der Waals surface area contributed by atoms with E-state index in [0.717, 1.165) is 24.5 Å². The molecule has 0 aliphatic carbocycles. The number of carbonyl (C=O) groups excluding carboxylic acids is 1. The predicted molar refractivity (Wildman–Crippen MR) is 119 cm³/mol. The normalized spacial score (nSPS) is 13.6. The van der Waals surface area contributed by atoms with E-state index < -0.39 is 0 Å². The lowest BCUT2D eigenvalue weighted by molar-refractivity contribution is 0.0943. The van der Waals surface area contributed by atoms with Crippen LogP contribution in [0.15, 0.2) is 65.6 Å². The molecule has 3 aromatic rings. The van der Waals surface area contributed by atoms with E-state index in [1.54, 1.807) is 6.20 Å². The van der Waals surface area contributed by atoms with E-state index in [0.29, 0.717) is 25.5 Å². The van der Waals surface area contributed by atoms with Crippen molar-refractivity contribution >= 4 is 11.7 Å². The van der Waals surface area contributed by atoms with Crippen LogP contribution in [0.25, 0.3) is 0 Å². The lowest BCUT2D eigenvalue weighted by Gasteiger charge is -2.28. The van der Waals surface area contributed by atoms with Gasteiger partial charge in [0, 0.05) is 31.9 Å². The summed E-state index contributed by atoms with van der Waals surface area (Å²) in [5, 5.41) is 7.04. The fraction of sp³-hybridized carbons (Fsp3) is 0.304. The molecule has 166 valence electrons. The third-order valence-corrected chi connectivity index (χ3v) is 5.01. The monoisotopic (exact) mass is 435 g/mol. The van der Waals surface area contributed by atoms with Gasteiger partial charge in [-0.3, -0.25) is 9.59 Å². The zero-order valence-electron chi connectivity index (χ0n) is 17.6. The molecule has 9 nitrogen and oxygen atoms in total. The number of benzene rings is 1. The molecule has 1 aromatic carbocycles. The second-order valence-electron chi connectivity index (χ2n) is 7.25. The summed E-state index contributed by atoms with van der Waals surface area (Å²) in [6.07, 6.45) is 1.73. The molecular weight excluding hydrogens is 410 g/mol. The first kappa shape index (κ1) is 21.5. The van der Waals surface area contributed by atoms with Crippen molar-refractivity contribution in [1.82, 2.24) is 20.1 Å². The van der Waals surface area contributed by atoms with Gasteiger partial charge in [0.05, 0.1) is 19.8 Å². The molecule has 1 aliphatic heterocycles. The average Bonchev–Trinajstić information content (AvgIpc) is 2.85. The molecule has 1 saturated heterocycles. The van der Waals surface area contributed by atoms with Crippen LogP contribution in [0.4, 0.5) is 5.82 Å². The summed E-state index contributed by atoms with van der Waals surface area (Å²) in [6, 6.07) is 15.9. The third-order valence-electron chi connectivity index (χ3n) is 5.01. The molecule has 0 bridgehead atoms. The van der Waals surface area contributed by atoms with Gasteiger partial charge in [-0.1, -0.05) is 18.2 Å². The number of para-hydroxylation sites is 1. The zero-order chi connectivity index (χ0) is 22.2. The summed E-state index contributed by atoms with van der Waals surface area (Å²) >= 11 is 0. The summed E-state index contributed by atoms with van der Waals surface area (Å²) in [7, 11) is 0. The van der Waals surface area contributed by atoms with Gasteiger partial charge >= 0.3 is 0 Å². The number of hydrogen-bond acceptors (Lipinski definition) is 7. The van der Waals surface area contributed by atoms with Crippen molar-refractivity contribution in [3.05, 3.63) is 82.4 Å². The van der Waals surface area contributed by atoms with E-state index in [9.17, 15) is 9.59 Å². The molecule has 0 atom stereocenters. The van der Waals surface area contributed by atoms with Crippen LogP contribution >= 0.6 is 0 Å². The first-order valence-corrected chi connectivity index (χ1v) is 10.5. The number of carbonyl (C=O) groups is 1. The highest BCUT2D eigenvalue weighted by Crippen LogP contribution is 2.14. The predicted octanol–water partition coefficient (Wildman–Crippen LogP) is 1.48. The number of amides is 1. The van der Waals surface area contributed by atoms with Crippen LogP contribution < -0.4 is 20.5 Å². The summed E-state index contributed by atoms with van der Waals surface area (Å²) in [5.74, 6) is 1.22. The van der Waals surface area contributed by atoms with Crippen molar-refractivity contribution < 1.29 is 14.3 Å². The van der Waals surface area contributed by atoms with Crippen molar-refractivity contribution in [2.45, 2.75) is 13.1 Å². The second-order valence-corrected chi connectivity index (χ2v) is 7.25. The smallest absolute Gasteiger partial charge is 0.271 e. The van der Waals surface area contributed by atoms with Gasteiger partial charge in [-0.2, -0.15) is 5.10 Å². The molecule has 2 aromatic heterocycles. The Morgan fingerprint density at radius 2 is 1.91 bits per heavy atom. The largest absolute Gasteiger partial charge is 0.492 e. The molecule has 1 fully saturated rings. The van der Waals surface area contributed by atoms with Crippen molar-refractivity contribution in [1.29, 1.82) is 0 Å². The fourth-order valence-electron chi connectivity index (χ4n) is 3.31. The van der Waals surface area contributed by atoms with Crippen LogP contribution in [0.5, 0.6) is 5.75 Å². The molecule has 9 heteroatoms. The molecule has 0 spiro atoms. The zero-order valence-corrected chi connectivity index (χ0v) is 17.6. The number of morpholine rings is 1. The highest BCUT2D eigenvalue weighted by atomic mass is 16.5. The summed E-state index contributed by atoms with van der Waals surface area (Å²) in [5.41, 5.74) is 0.814. The molecule has 0 radical (unpaired) electrons. The van der Waals surface area contributed by atoms with Gasteiger partial charge in [0.1, 0.15) is 23.9 Å². The van der Waals surface area contributed by atoms with Gasteiger partial charge in [-0.15, -0.1) is 0 Å². The minimum absolute atomic E-state index is 0.173. The SMILES string of the molecule is O=C(NCc1ccnc(N2CCOCC2)c1)c1ccc(=O)n(CCOc2ccccc2)n1. The first-order chi connectivity index (χ1) is 15.7. The van der Waals surface area contributed by atoms with Crippen LogP contribution in [0, 0.1) is 0 Å². The standard InChI is InChI=1S/C23H25N5O4/c29-22-7-6-20(26-28(22)12-15-32-19-4-2-1-3-5-19)23(30)25-17-18-8-9-24-21(16-18)27-10-13-31-14-11-27/h1-9,16H,10-15,17H2,(H,25,30). The minimum Gasteiger partial charge on any atom is -0.492 e. The van der Waals surface area contributed by atoms with Crippen molar-refractivity contribution in [3.8, 4) is 5.75 Å². The maximum Gasteiger partial charge on any atom is 0.271 e. The Morgan fingerprint density at radius 3 is 2.72 bits per heavy atom. The quantitative estimate of drug-likeness (QED) is 0.572. The molecule has 3 heterocycles. The maximum absolute atomic E-state index is 12.6. The Balaban J connectivity index is 1.34. The van der Waals surface area contributed by atoms with Crippen LogP contribution in [-0.2, 0) is 17.8 Å². The second kappa shape index (κ2) is 10.5. The van der Waals surface area contributed by atoms with E-state index in [-0.39, 0.29) is 30.3 Å². The highest BCUT2D eigenvalue weighted by molar-refractivity contribution is 5.91. The lowest BCUT2D eigenvalue weighted by Crippen LogP contribution is -2.36. The lowest BCUT2D eigenvalue weighted by atomic mass is 10.2. The number of ether oxygens (including phenoxy) is 2. The number of anilines is 1.